The second-order valence-electron chi connectivity index (χ2n) is 4.04. The number of benzene rings is 2. The van der Waals surface area contributed by atoms with Crippen molar-refractivity contribution < 1.29 is 4.39 Å². The molecule has 3 nitrogen and oxygen atoms in total. The molecule has 19 heavy (non-hydrogen) atoms. The standard InChI is InChI=1S/C14H11BrFN3/c1-19(14-7-10(15)3-4-11(14)16)13-5-2-9(8-17)6-12(13)18/h2-7H,18H2,1H3. The van der Waals surface area contributed by atoms with Crippen LogP contribution < -0.4 is 10.6 Å². The van der Waals surface area contributed by atoms with E-state index in [1.54, 1.807) is 42.3 Å². The average Bonchev–Trinajstić information content (AvgIpc) is 2.40. The molecule has 0 saturated carbocycles. The Morgan fingerprint density at radius 1 is 1.21 bits per heavy atom. The van der Waals surface area contributed by atoms with Crippen molar-refractivity contribution in [2.45, 2.75) is 0 Å². The molecule has 96 valence electrons. The highest BCUT2D eigenvalue weighted by Crippen LogP contribution is 2.32. The van der Waals surface area contributed by atoms with E-state index in [9.17, 15) is 4.39 Å². The molecule has 0 saturated heterocycles. The van der Waals surface area contributed by atoms with Gasteiger partial charge in [-0.15, -0.1) is 0 Å². The average molecular weight is 320 g/mol. The first kappa shape index (κ1) is 13.4. The van der Waals surface area contributed by atoms with Gasteiger partial charge in [-0.1, -0.05) is 15.9 Å². The summed E-state index contributed by atoms with van der Waals surface area (Å²) in [7, 11) is 1.72. The smallest absolute Gasteiger partial charge is 0.146 e. The van der Waals surface area contributed by atoms with E-state index in [1.807, 2.05) is 6.07 Å². The molecule has 0 unspecified atom stereocenters. The second kappa shape index (κ2) is 5.29. The summed E-state index contributed by atoms with van der Waals surface area (Å²) in [6.07, 6.45) is 0. The monoisotopic (exact) mass is 319 g/mol. The van der Waals surface area contributed by atoms with E-state index in [2.05, 4.69) is 15.9 Å². The molecule has 0 atom stereocenters. The maximum absolute atomic E-state index is 13.8. The van der Waals surface area contributed by atoms with Gasteiger partial charge in [0.25, 0.3) is 0 Å². The van der Waals surface area contributed by atoms with Crippen molar-refractivity contribution >= 4 is 33.0 Å². The number of hydrogen-bond donors (Lipinski definition) is 1. The third kappa shape index (κ3) is 2.69. The van der Waals surface area contributed by atoms with Gasteiger partial charge in [0, 0.05) is 11.5 Å². The molecule has 0 radical (unpaired) electrons. The molecule has 0 spiro atoms. The Morgan fingerprint density at radius 3 is 2.58 bits per heavy atom. The van der Waals surface area contributed by atoms with E-state index in [4.69, 9.17) is 11.0 Å². The fourth-order valence-electron chi connectivity index (χ4n) is 1.80. The Kier molecular flexibility index (Phi) is 3.72. The van der Waals surface area contributed by atoms with Crippen LogP contribution in [0.1, 0.15) is 5.56 Å². The number of rotatable bonds is 2. The van der Waals surface area contributed by atoms with E-state index >= 15 is 0 Å². The van der Waals surface area contributed by atoms with E-state index in [0.29, 0.717) is 22.6 Å². The van der Waals surface area contributed by atoms with E-state index in [-0.39, 0.29) is 5.82 Å². The van der Waals surface area contributed by atoms with Crippen LogP contribution in [0.4, 0.5) is 21.5 Å². The Labute approximate surface area is 119 Å². The van der Waals surface area contributed by atoms with Crippen LogP contribution in [-0.4, -0.2) is 7.05 Å². The van der Waals surface area contributed by atoms with Gasteiger partial charge in [0.1, 0.15) is 5.82 Å². The molecule has 2 aromatic carbocycles. The largest absolute Gasteiger partial charge is 0.397 e. The van der Waals surface area contributed by atoms with Crippen LogP contribution in [0.3, 0.4) is 0 Å². The Balaban J connectivity index is 2.47. The molecule has 0 aromatic heterocycles. The molecule has 0 bridgehead atoms. The highest BCUT2D eigenvalue weighted by molar-refractivity contribution is 9.10. The molecule has 2 rings (SSSR count). The number of nitrogen functional groups attached to an aromatic ring is 1. The van der Waals surface area contributed by atoms with Gasteiger partial charge in [-0.05, 0) is 36.4 Å². The Bertz CT molecular complexity index is 664. The third-order valence-corrected chi connectivity index (χ3v) is 3.28. The van der Waals surface area contributed by atoms with Crippen molar-refractivity contribution in [3.05, 3.63) is 52.3 Å². The van der Waals surface area contributed by atoms with Crippen LogP contribution in [0.5, 0.6) is 0 Å². The molecule has 0 heterocycles. The summed E-state index contributed by atoms with van der Waals surface area (Å²) >= 11 is 3.31. The zero-order valence-electron chi connectivity index (χ0n) is 10.2. The minimum atomic E-state index is -0.338. The van der Waals surface area contributed by atoms with Crippen molar-refractivity contribution in [1.29, 1.82) is 5.26 Å². The van der Waals surface area contributed by atoms with Crippen LogP contribution in [0.25, 0.3) is 0 Å². The summed E-state index contributed by atoms with van der Waals surface area (Å²) in [6.45, 7) is 0. The van der Waals surface area contributed by atoms with Gasteiger partial charge >= 0.3 is 0 Å². The fraction of sp³-hybridized carbons (Fsp3) is 0.0714. The highest BCUT2D eigenvalue weighted by Gasteiger charge is 2.12. The molecular weight excluding hydrogens is 309 g/mol. The van der Waals surface area contributed by atoms with Crippen LogP contribution >= 0.6 is 15.9 Å². The van der Waals surface area contributed by atoms with Gasteiger partial charge in [0.05, 0.1) is 28.7 Å². The summed E-state index contributed by atoms with van der Waals surface area (Å²) in [4.78, 5) is 1.65. The van der Waals surface area contributed by atoms with Crippen LogP contribution in [0, 0.1) is 17.1 Å². The lowest BCUT2D eigenvalue weighted by molar-refractivity contribution is 0.627. The lowest BCUT2D eigenvalue weighted by Crippen LogP contribution is -2.13. The fourth-order valence-corrected chi connectivity index (χ4v) is 2.15. The molecule has 0 amide bonds. The number of nitriles is 1. The Morgan fingerprint density at radius 2 is 1.95 bits per heavy atom. The quantitative estimate of drug-likeness (QED) is 0.856. The second-order valence-corrected chi connectivity index (χ2v) is 4.96. The number of halogens is 2. The first-order chi connectivity index (χ1) is 9.02. The predicted octanol–water partition coefficient (Wildman–Crippen LogP) is 3.81. The third-order valence-electron chi connectivity index (χ3n) is 2.79. The molecule has 5 heteroatoms. The number of hydrogen-bond acceptors (Lipinski definition) is 3. The molecule has 0 aliphatic carbocycles. The van der Waals surface area contributed by atoms with E-state index < -0.39 is 0 Å². The summed E-state index contributed by atoms with van der Waals surface area (Å²) in [5.74, 6) is -0.338. The van der Waals surface area contributed by atoms with Crippen molar-refractivity contribution in [3.63, 3.8) is 0 Å². The van der Waals surface area contributed by atoms with Crippen LogP contribution in [0.15, 0.2) is 40.9 Å². The molecule has 2 aromatic rings. The van der Waals surface area contributed by atoms with Crippen molar-refractivity contribution in [1.82, 2.24) is 0 Å². The maximum Gasteiger partial charge on any atom is 0.146 e. The number of anilines is 3. The SMILES string of the molecule is CN(c1ccc(C#N)cc1N)c1cc(Br)ccc1F. The summed E-state index contributed by atoms with van der Waals surface area (Å²) in [6, 6.07) is 11.6. The molecule has 0 fully saturated rings. The van der Waals surface area contributed by atoms with E-state index in [0.717, 1.165) is 4.47 Å². The minimum absolute atomic E-state index is 0.338. The van der Waals surface area contributed by atoms with Gasteiger partial charge in [0.2, 0.25) is 0 Å². The summed E-state index contributed by atoms with van der Waals surface area (Å²) in [5.41, 5.74) is 7.86. The predicted molar refractivity (Wildman–Crippen MR) is 77.7 cm³/mol. The van der Waals surface area contributed by atoms with Gasteiger partial charge in [-0.2, -0.15) is 5.26 Å². The zero-order chi connectivity index (χ0) is 14.0. The topological polar surface area (TPSA) is 53.0 Å². The van der Waals surface area contributed by atoms with E-state index in [1.165, 1.54) is 6.07 Å². The van der Waals surface area contributed by atoms with Crippen molar-refractivity contribution in [2.24, 2.45) is 0 Å². The number of nitrogens with zero attached hydrogens (tertiary/aromatic N) is 2. The van der Waals surface area contributed by atoms with Crippen LogP contribution in [0.2, 0.25) is 0 Å². The Hall–Kier alpha value is -2.06. The lowest BCUT2D eigenvalue weighted by atomic mass is 10.1. The zero-order valence-corrected chi connectivity index (χ0v) is 11.8. The number of nitrogens with two attached hydrogens (primary N) is 1. The van der Waals surface area contributed by atoms with Gasteiger partial charge in [-0.25, -0.2) is 4.39 Å². The van der Waals surface area contributed by atoms with Crippen molar-refractivity contribution in [2.75, 3.05) is 17.7 Å². The first-order valence-corrected chi connectivity index (χ1v) is 6.30. The van der Waals surface area contributed by atoms with Gasteiger partial charge in [-0.3, -0.25) is 0 Å². The van der Waals surface area contributed by atoms with Crippen molar-refractivity contribution in [3.8, 4) is 6.07 Å². The molecule has 0 aliphatic heterocycles. The normalized spacial score (nSPS) is 10.0. The molecule has 0 aliphatic rings. The molecule has 2 N–H and O–H groups in total. The summed E-state index contributed by atoms with van der Waals surface area (Å²) in [5, 5.41) is 8.80. The highest BCUT2D eigenvalue weighted by atomic mass is 79.9. The maximum atomic E-state index is 13.8. The molecular formula is C14H11BrFN3. The van der Waals surface area contributed by atoms with Crippen LogP contribution in [-0.2, 0) is 0 Å². The lowest BCUT2D eigenvalue weighted by Gasteiger charge is -2.22. The minimum Gasteiger partial charge on any atom is -0.397 e. The van der Waals surface area contributed by atoms with Gasteiger partial charge < -0.3 is 10.6 Å². The summed E-state index contributed by atoms with van der Waals surface area (Å²) < 4.78 is 14.6. The first-order valence-electron chi connectivity index (χ1n) is 5.51. The van der Waals surface area contributed by atoms with Gasteiger partial charge in [0.15, 0.2) is 0 Å².